The maximum absolute atomic E-state index is 12.9. The number of ketones is 1. The van der Waals surface area contributed by atoms with Gasteiger partial charge in [0.15, 0.2) is 5.78 Å². The average Bonchev–Trinajstić information content (AvgIpc) is 2.67. The quantitative estimate of drug-likeness (QED) is 0.369. The molecule has 0 saturated heterocycles. The number of benzene rings is 2. The van der Waals surface area contributed by atoms with Gasteiger partial charge in [-0.3, -0.25) is 4.79 Å². The van der Waals surface area contributed by atoms with Crippen LogP contribution in [0.1, 0.15) is 61.5 Å². The highest BCUT2D eigenvalue weighted by Gasteiger charge is 2.34. The van der Waals surface area contributed by atoms with Crippen LogP contribution >= 0.6 is 0 Å². The van der Waals surface area contributed by atoms with Gasteiger partial charge in [-0.1, -0.05) is 29.9 Å². The summed E-state index contributed by atoms with van der Waals surface area (Å²) in [5, 5.41) is 19.6. The van der Waals surface area contributed by atoms with Crippen LogP contribution in [0.2, 0.25) is 0 Å². The van der Waals surface area contributed by atoms with Crippen LogP contribution in [0.25, 0.3) is 6.08 Å². The smallest absolute Gasteiger partial charge is 0.189 e. The van der Waals surface area contributed by atoms with E-state index in [1.807, 2.05) is 0 Å². The number of phenols is 2. The molecule has 1 aliphatic rings. The lowest BCUT2D eigenvalue weighted by Crippen LogP contribution is -2.36. The van der Waals surface area contributed by atoms with Crippen molar-refractivity contribution >= 4 is 11.9 Å². The normalized spacial score (nSPS) is 18.2. The Bertz CT molecular complexity index is 950. The fourth-order valence-corrected chi connectivity index (χ4v) is 3.55. The molecule has 2 N–H and O–H groups in total. The monoisotopic (exact) mass is 392 g/mol. The van der Waals surface area contributed by atoms with Gasteiger partial charge >= 0.3 is 0 Å². The zero-order chi connectivity index (χ0) is 21.0. The van der Waals surface area contributed by atoms with Crippen LogP contribution in [-0.4, -0.2) is 21.6 Å². The number of carbonyl (C=O) groups is 1. The van der Waals surface area contributed by atoms with E-state index in [2.05, 4.69) is 26.8 Å². The lowest BCUT2D eigenvalue weighted by Gasteiger charge is -2.37. The van der Waals surface area contributed by atoms with E-state index in [1.165, 1.54) is 11.6 Å². The Balaban J connectivity index is 1.85. The standard InChI is InChI=1S/C25H28O4/c1-17(2)5-4-15-25(3)16-14-21-23(28)13-11-20(24(21)29-25)22(27)12-8-18-6-9-19(26)10-7-18/h5-13,26,28H,4,14-16H2,1-3H3/b12-8+/t25-/m0/s1. The third-order valence-corrected chi connectivity index (χ3v) is 5.30. The van der Waals surface area contributed by atoms with Crippen molar-refractivity contribution in [2.45, 2.75) is 52.1 Å². The zero-order valence-electron chi connectivity index (χ0n) is 17.2. The van der Waals surface area contributed by atoms with Crippen LogP contribution in [0.3, 0.4) is 0 Å². The molecule has 0 radical (unpaired) electrons. The van der Waals surface area contributed by atoms with Gasteiger partial charge in [-0.25, -0.2) is 0 Å². The van der Waals surface area contributed by atoms with Gasteiger partial charge in [0, 0.05) is 5.56 Å². The van der Waals surface area contributed by atoms with Gasteiger partial charge in [0.25, 0.3) is 0 Å². The number of hydrogen-bond acceptors (Lipinski definition) is 4. The molecular weight excluding hydrogens is 364 g/mol. The van der Waals surface area contributed by atoms with Crippen molar-refractivity contribution in [3.63, 3.8) is 0 Å². The minimum atomic E-state index is -0.373. The summed E-state index contributed by atoms with van der Waals surface area (Å²) in [7, 11) is 0. The maximum Gasteiger partial charge on any atom is 0.189 e. The third-order valence-electron chi connectivity index (χ3n) is 5.30. The first-order chi connectivity index (χ1) is 13.8. The second-order valence-corrected chi connectivity index (χ2v) is 8.10. The summed E-state index contributed by atoms with van der Waals surface area (Å²) < 4.78 is 6.33. The minimum absolute atomic E-state index is 0.172. The van der Waals surface area contributed by atoms with Crippen LogP contribution in [-0.2, 0) is 6.42 Å². The van der Waals surface area contributed by atoms with Gasteiger partial charge < -0.3 is 14.9 Å². The molecule has 1 aliphatic heterocycles. The topological polar surface area (TPSA) is 66.8 Å². The first-order valence-corrected chi connectivity index (χ1v) is 9.96. The van der Waals surface area contributed by atoms with E-state index in [4.69, 9.17) is 4.74 Å². The molecule has 152 valence electrons. The zero-order valence-corrected chi connectivity index (χ0v) is 17.2. The van der Waals surface area contributed by atoms with Gasteiger partial charge in [-0.2, -0.15) is 0 Å². The molecule has 0 aromatic heterocycles. The van der Waals surface area contributed by atoms with Crippen molar-refractivity contribution < 1.29 is 19.7 Å². The first kappa shape index (κ1) is 20.7. The van der Waals surface area contributed by atoms with Crippen molar-refractivity contribution in [1.29, 1.82) is 0 Å². The first-order valence-electron chi connectivity index (χ1n) is 9.96. The Labute approximate surface area is 172 Å². The van der Waals surface area contributed by atoms with E-state index in [1.54, 1.807) is 42.5 Å². The molecule has 0 spiro atoms. The second kappa shape index (κ2) is 8.56. The van der Waals surface area contributed by atoms with Gasteiger partial charge in [0.1, 0.15) is 22.8 Å². The Morgan fingerprint density at radius 2 is 1.86 bits per heavy atom. The van der Waals surface area contributed by atoms with E-state index >= 15 is 0 Å². The summed E-state index contributed by atoms with van der Waals surface area (Å²) in [5.74, 6) is 0.673. The van der Waals surface area contributed by atoms with Crippen LogP contribution in [0.4, 0.5) is 0 Å². The third kappa shape index (κ3) is 5.08. The largest absolute Gasteiger partial charge is 0.508 e. The molecule has 0 bridgehead atoms. The highest BCUT2D eigenvalue weighted by molar-refractivity contribution is 6.09. The summed E-state index contributed by atoms with van der Waals surface area (Å²) in [4.78, 5) is 12.9. The van der Waals surface area contributed by atoms with Crippen LogP contribution in [0.5, 0.6) is 17.2 Å². The summed E-state index contributed by atoms with van der Waals surface area (Å²) in [6, 6.07) is 9.82. The molecule has 29 heavy (non-hydrogen) atoms. The van der Waals surface area contributed by atoms with Gasteiger partial charge in [-0.15, -0.1) is 0 Å². The number of carbonyl (C=O) groups excluding carboxylic acids is 1. The van der Waals surface area contributed by atoms with Crippen molar-refractivity contribution in [3.05, 3.63) is 70.8 Å². The molecule has 4 nitrogen and oxygen atoms in total. The van der Waals surface area contributed by atoms with E-state index in [0.29, 0.717) is 23.3 Å². The number of phenolic OH excluding ortho intramolecular Hbond substituents is 2. The SMILES string of the molecule is CC(C)=CCC[C@@]1(C)CCc2c(O)ccc(C(=O)/C=C/c3ccc(O)cc3)c2O1. The fourth-order valence-electron chi connectivity index (χ4n) is 3.55. The molecule has 0 fully saturated rings. The number of rotatable bonds is 6. The molecule has 0 amide bonds. The molecule has 2 aromatic rings. The predicted molar refractivity (Wildman–Crippen MR) is 116 cm³/mol. The molecule has 4 heteroatoms. The molecule has 0 unspecified atom stereocenters. The number of fused-ring (bicyclic) bond motifs is 1. The number of ether oxygens (including phenoxy) is 1. The molecule has 0 aliphatic carbocycles. The lowest BCUT2D eigenvalue weighted by molar-refractivity contribution is 0.0550. The van der Waals surface area contributed by atoms with Crippen molar-refractivity contribution in [2.75, 3.05) is 0 Å². The number of allylic oxidation sites excluding steroid dienone is 3. The highest BCUT2D eigenvalue weighted by Crippen LogP contribution is 2.42. The lowest BCUT2D eigenvalue weighted by atomic mass is 9.87. The van der Waals surface area contributed by atoms with Crippen molar-refractivity contribution in [1.82, 2.24) is 0 Å². The Kier molecular flexibility index (Phi) is 6.12. The van der Waals surface area contributed by atoms with Gasteiger partial charge in [0.05, 0.1) is 5.56 Å². The molecular formula is C25H28O4. The number of hydrogen-bond donors (Lipinski definition) is 2. The maximum atomic E-state index is 12.9. The molecule has 3 rings (SSSR count). The second-order valence-electron chi connectivity index (χ2n) is 8.10. The van der Waals surface area contributed by atoms with E-state index in [-0.39, 0.29) is 22.9 Å². The Morgan fingerprint density at radius 3 is 2.55 bits per heavy atom. The summed E-state index contributed by atoms with van der Waals surface area (Å²) in [6.45, 7) is 6.22. The highest BCUT2D eigenvalue weighted by atomic mass is 16.5. The fraction of sp³-hybridized carbons (Fsp3) is 0.320. The average molecular weight is 392 g/mol. The Hall–Kier alpha value is -3.01. The van der Waals surface area contributed by atoms with Gasteiger partial charge in [0.2, 0.25) is 0 Å². The predicted octanol–water partition coefficient (Wildman–Crippen LogP) is 5.82. The van der Waals surface area contributed by atoms with E-state index < -0.39 is 0 Å². The van der Waals surface area contributed by atoms with Crippen LogP contribution in [0, 0.1) is 0 Å². The molecule has 2 aromatic carbocycles. The van der Waals surface area contributed by atoms with E-state index in [9.17, 15) is 15.0 Å². The summed E-state index contributed by atoms with van der Waals surface area (Å²) in [6.07, 6.45) is 8.64. The van der Waals surface area contributed by atoms with Crippen molar-refractivity contribution in [3.8, 4) is 17.2 Å². The molecule has 1 atom stereocenters. The summed E-state index contributed by atoms with van der Waals surface area (Å²) in [5.41, 5.74) is 2.88. The Morgan fingerprint density at radius 1 is 1.14 bits per heavy atom. The van der Waals surface area contributed by atoms with Crippen LogP contribution < -0.4 is 4.74 Å². The van der Waals surface area contributed by atoms with Crippen molar-refractivity contribution in [2.24, 2.45) is 0 Å². The molecule has 1 heterocycles. The minimum Gasteiger partial charge on any atom is -0.508 e. The summed E-state index contributed by atoms with van der Waals surface area (Å²) >= 11 is 0. The number of aromatic hydroxyl groups is 2. The molecule has 0 saturated carbocycles. The van der Waals surface area contributed by atoms with E-state index in [0.717, 1.165) is 24.8 Å². The van der Waals surface area contributed by atoms with Crippen LogP contribution in [0.15, 0.2) is 54.1 Å². The van der Waals surface area contributed by atoms with Gasteiger partial charge in [-0.05, 0) is 82.4 Å².